The minimum absolute atomic E-state index is 0.191. The Bertz CT molecular complexity index is 1110. The van der Waals surface area contributed by atoms with Crippen LogP contribution in [-0.4, -0.2) is 69.2 Å². The number of hydrogen-bond donors (Lipinski definition) is 1. The van der Waals surface area contributed by atoms with Gasteiger partial charge in [-0.1, -0.05) is 52.9 Å². The van der Waals surface area contributed by atoms with Crippen molar-refractivity contribution >= 4 is 40.3 Å². The Morgan fingerprint density at radius 1 is 0.943 bits per heavy atom. The minimum Gasteiger partial charge on any atom is -0.489 e. The first kappa shape index (κ1) is 24.2. The zero-order valence-corrected chi connectivity index (χ0v) is 21.7. The zero-order valence-electron chi connectivity index (χ0n) is 19.5. The van der Waals surface area contributed by atoms with E-state index in [2.05, 4.69) is 62.0 Å². The van der Waals surface area contributed by atoms with Gasteiger partial charge in [0.1, 0.15) is 18.4 Å². The number of carbonyl (C=O) groups is 3. The SMILES string of the molecule is O=C1CC[C@@H](N2Cc3c(OCc4ccc(CN5CCN(CI)CC5)cc4)cccc3C2=O)C(=O)N1. The Balaban J connectivity index is 1.19. The molecule has 0 saturated carbocycles. The molecule has 2 aromatic carbocycles. The fourth-order valence-electron chi connectivity index (χ4n) is 4.92. The fourth-order valence-corrected chi connectivity index (χ4v) is 5.60. The van der Waals surface area contributed by atoms with Crippen LogP contribution in [0.3, 0.4) is 0 Å². The van der Waals surface area contributed by atoms with Crippen molar-refractivity contribution in [1.29, 1.82) is 0 Å². The molecule has 3 aliphatic heterocycles. The number of fused-ring (bicyclic) bond motifs is 1. The van der Waals surface area contributed by atoms with E-state index in [1.165, 1.54) is 5.56 Å². The quantitative estimate of drug-likeness (QED) is 0.232. The molecule has 0 unspecified atom stereocenters. The van der Waals surface area contributed by atoms with Gasteiger partial charge >= 0.3 is 0 Å². The van der Waals surface area contributed by atoms with E-state index in [9.17, 15) is 14.4 Å². The van der Waals surface area contributed by atoms with E-state index >= 15 is 0 Å². The largest absolute Gasteiger partial charge is 0.489 e. The number of rotatable bonds is 7. The van der Waals surface area contributed by atoms with E-state index in [-0.39, 0.29) is 18.2 Å². The molecule has 0 aliphatic carbocycles. The minimum atomic E-state index is -0.627. The van der Waals surface area contributed by atoms with Gasteiger partial charge in [-0.2, -0.15) is 0 Å². The molecular weight excluding hydrogens is 559 g/mol. The number of nitrogens with zero attached hydrogens (tertiary/aromatic N) is 3. The predicted molar refractivity (Wildman–Crippen MR) is 139 cm³/mol. The van der Waals surface area contributed by atoms with Crippen molar-refractivity contribution in [1.82, 2.24) is 20.0 Å². The Morgan fingerprint density at radius 2 is 1.66 bits per heavy atom. The maximum atomic E-state index is 13.0. The standard InChI is InChI=1S/C26H29IN4O4/c27-17-30-12-10-29(11-13-30)14-18-4-6-19(7-5-18)16-35-23-3-1-2-20-21(23)15-31(26(20)34)22-8-9-24(32)28-25(22)33/h1-7,22H,8-17H2,(H,28,32,33)/t22-/m1/s1. The Morgan fingerprint density at radius 3 is 2.37 bits per heavy atom. The molecule has 0 radical (unpaired) electrons. The molecule has 1 atom stereocenters. The van der Waals surface area contributed by atoms with Crippen LogP contribution in [0.4, 0.5) is 0 Å². The summed E-state index contributed by atoms with van der Waals surface area (Å²) in [6, 6.07) is 13.3. The molecule has 5 rings (SSSR count). The van der Waals surface area contributed by atoms with Gasteiger partial charge in [0.2, 0.25) is 11.8 Å². The van der Waals surface area contributed by atoms with Crippen LogP contribution in [-0.2, 0) is 29.3 Å². The van der Waals surface area contributed by atoms with Crippen molar-refractivity contribution in [2.45, 2.75) is 38.6 Å². The molecule has 0 aromatic heterocycles. The summed E-state index contributed by atoms with van der Waals surface area (Å²) < 4.78 is 7.22. The molecule has 1 N–H and O–H groups in total. The lowest BCUT2D eigenvalue weighted by molar-refractivity contribution is -0.136. The Kier molecular flexibility index (Phi) is 7.35. The first-order valence-electron chi connectivity index (χ1n) is 12.0. The molecule has 2 saturated heterocycles. The molecule has 0 spiro atoms. The molecule has 8 nitrogen and oxygen atoms in total. The molecular formula is C26H29IN4O4. The number of carbonyl (C=O) groups excluding carboxylic acids is 3. The van der Waals surface area contributed by atoms with Crippen LogP contribution >= 0.6 is 22.6 Å². The number of piperazine rings is 1. The number of halogens is 1. The van der Waals surface area contributed by atoms with Gasteiger partial charge in [-0.15, -0.1) is 0 Å². The second-order valence-corrected chi connectivity index (χ2v) is 9.98. The number of hydrogen-bond acceptors (Lipinski definition) is 6. The van der Waals surface area contributed by atoms with E-state index in [1.54, 1.807) is 17.0 Å². The van der Waals surface area contributed by atoms with Crippen LogP contribution in [0.15, 0.2) is 42.5 Å². The molecule has 2 fully saturated rings. The number of alkyl halides is 1. The second kappa shape index (κ2) is 10.6. The number of amides is 3. The van der Waals surface area contributed by atoms with Crippen LogP contribution in [0, 0.1) is 0 Å². The number of nitrogens with one attached hydrogen (secondary N) is 1. The summed E-state index contributed by atoms with van der Waals surface area (Å²) in [6.07, 6.45) is 0.589. The van der Waals surface area contributed by atoms with E-state index in [4.69, 9.17) is 4.74 Å². The highest BCUT2D eigenvalue weighted by Gasteiger charge is 2.40. The summed E-state index contributed by atoms with van der Waals surface area (Å²) in [7, 11) is 0. The fraction of sp³-hybridized carbons (Fsp3) is 0.423. The Labute approximate surface area is 218 Å². The lowest BCUT2D eigenvalue weighted by Gasteiger charge is -2.33. The van der Waals surface area contributed by atoms with Crippen LogP contribution in [0.1, 0.15) is 39.9 Å². The summed E-state index contributed by atoms with van der Waals surface area (Å²) >= 11 is 2.43. The number of piperidine rings is 1. The van der Waals surface area contributed by atoms with Gasteiger partial charge in [-0.25, -0.2) is 0 Å². The molecule has 2 aromatic rings. The average Bonchev–Trinajstić information content (AvgIpc) is 3.21. The van der Waals surface area contributed by atoms with Crippen LogP contribution in [0.25, 0.3) is 0 Å². The van der Waals surface area contributed by atoms with Gasteiger partial charge in [0, 0.05) is 50.3 Å². The maximum Gasteiger partial charge on any atom is 0.255 e. The molecule has 184 valence electrons. The van der Waals surface area contributed by atoms with Crippen LogP contribution < -0.4 is 10.1 Å². The van der Waals surface area contributed by atoms with Crippen molar-refractivity contribution in [2.24, 2.45) is 0 Å². The molecule has 35 heavy (non-hydrogen) atoms. The summed E-state index contributed by atoms with van der Waals surface area (Å²) in [5.74, 6) is -0.229. The van der Waals surface area contributed by atoms with Gasteiger partial charge in [0.05, 0.1) is 11.1 Å². The van der Waals surface area contributed by atoms with Crippen molar-refractivity contribution in [3.8, 4) is 5.75 Å². The van der Waals surface area contributed by atoms with E-state index < -0.39 is 11.9 Å². The van der Waals surface area contributed by atoms with Crippen LogP contribution in [0.5, 0.6) is 5.75 Å². The van der Waals surface area contributed by atoms with Gasteiger partial charge in [-0.3, -0.25) is 29.5 Å². The highest BCUT2D eigenvalue weighted by molar-refractivity contribution is 14.1. The third-order valence-corrected chi connectivity index (χ3v) is 7.96. The van der Waals surface area contributed by atoms with Crippen molar-refractivity contribution < 1.29 is 19.1 Å². The Hall–Kier alpha value is -2.50. The second-order valence-electron chi connectivity index (χ2n) is 9.30. The molecule has 0 bridgehead atoms. The van der Waals surface area contributed by atoms with Gasteiger partial charge < -0.3 is 9.64 Å². The molecule has 9 heteroatoms. The first-order valence-corrected chi connectivity index (χ1v) is 13.5. The molecule has 3 heterocycles. The highest BCUT2D eigenvalue weighted by Crippen LogP contribution is 2.34. The van der Waals surface area contributed by atoms with Gasteiger partial charge in [0.25, 0.3) is 5.91 Å². The lowest BCUT2D eigenvalue weighted by atomic mass is 10.0. The number of benzene rings is 2. The summed E-state index contributed by atoms with van der Waals surface area (Å²) in [5.41, 5.74) is 3.71. The van der Waals surface area contributed by atoms with Crippen molar-refractivity contribution in [2.75, 3.05) is 30.7 Å². The normalized spacial score (nSPS) is 21.2. The highest BCUT2D eigenvalue weighted by atomic mass is 127. The van der Waals surface area contributed by atoms with Gasteiger partial charge in [0.15, 0.2) is 0 Å². The number of imide groups is 1. The van der Waals surface area contributed by atoms with Crippen LogP contribution in [0.2, 0.25) is 0 Å². The van der Waals surface area contributed by atoms with Crippen molar-refractivity contribution in [3.05, 3.63) is 64.7 Å². The predicted octanol–water partition coefficient (Wildman–Crippen LogP) is 2.54. The van der Waals surface area contributed by atoms with Gasteiger partial charge in [-0.05, 0) is 29.7 Å². The average molecular weight is 588 g/mol. The topological polar surface area (TPSA) is 82.2 Å². The lowest BCUT2D eigenvalue weighted by Crippen LogP contribution is -2.52. The summed E-state index contributed by atoms with van der Waals surface area (Å²) in [4.78, 5) is 43.3. The molecule has 3 amide bonds. The van der Waals surface area contributed by atoms with Crippen molar-refractivity contribution in [3.63, 3.8) is 0 Å². The third kappa shape index (κ3) is 5.36. The smallest absolute Gasteiger partial charge is 0.255 e. The number of ether oxygens (including phenoxy) is 1. The van der Waals surface area contributed by atoms with E-state index in [1.807, 2.05) is 6.07 Å². The maximum absolute atomic E-state index is 13.0. The first-order chi connectivity index (χ1) is 17.0. The summed E-state index contributed by atoms with van der Waals surface area (Å²) in [6.45, 7) is 6.11. The van der Waals surface area contributed by atoms with E-state index in [0.717, 1.165) is 48.4 Å². The molecule has 3 aliphatic rings. The summed E-state index contributed by atoms with van der Waals surface area (Å²) in [5, 5.41) is 2.34. The third-order valence-electron chi connectivity index (χ3n) is 7.00. The monoisotopic (exact) mass is 588 g/mol. The van der Waals surface area contributed by atoms with E-state index in [0.29, 0.717) is 30.9 Å². The zero-order chi connectivity index (χ0) is 24.4.